The van der Waals surface area contributed by atoms with Crippen LogP contribution < -0.4 is 15.8 Å². The highest BCUT2D eigenvalue weighted by Gasteiger charge is 2.13. The van der Waals surface area contributed by atoms with Crippen molar-refractivity contribution >= 4 is 35.8 Å². The van der Waals surface area contributed by atoms with Crippen LogP contribution in [0.2, 0.25) is 0 Å². The summed E-state index contributed by atoms with van der Waals surface area (Å²) in [6.45, 7) is 1.25. The topological polar surface area (TPSA) is 73.6 Å². The molecule has 1 rings (SSSR count). The lowest BCUT2D eigenvalue weighted by Crippen LogP contribution is -2.36. The molecule has 7 heteroatoms. The molecule has 0 fully saturated rings. The minimum absolute atomic E-state index is 0. The number of benzene rings is 1. The number of carbonyl (C=O) groups is 1. The van der Waals surface area contributed by atoms with Crippen LogP contribution in [0, 0.1) is 0 Å². The van der Waals surface area contributed by atoms with Crippen LogP contribution in [0.25, 0.3) is 0 Å². The third kappa shape index (κ3) is 8.48. The Bertz CT molecular complexity index is 435. The zero-order valence-electron chi connectivity index (χ0n) is 13.0. The summed E-state index contributed by atoms with van der Waals surface area (Å²) in [6.07, 6.45) is 3.49. The van der Waals surface area contributed by atoms with E-state index in [0.717, 1.165) is 17.9 Å². The fourth-order valence-corrected chi connectivity index (χ4v) is 2.16. The Balaban J connectivity index is 0.00000441. The Morgan fingerprint density at radius 3 is 2.86 bits per heavy atom. The molecule has 0 spiro atoms. The van der Waals surface area contributed by atoms with Crippen molar-refractivity contribution in [3.8, 4) is 5.75 Å². The van der Waals surface area contributed by atoms with Crippen LogP contribution >= 0.6 is 24.2 Å². The average Bonchev–Trinajstić information content (AvgIpc) is 2.49. The van der Waals surface area contributed by atoms with Crippen LogP contribution in [0.4, 0.5) is 5.69 Å². The molecule has 0 aliphatic heterocycles. The van der Waals surface area contributed by atoms with Gasteiger partial charge in [-0.25, -0.2) is 0 Å². The number of amides is 1. The van der Waals surface area contributed by atoms with E-state index in [1.807, 2.05) is 24.5 Å². The zero-order valence-corrected chi connectivity index (χ0v) is 14.7. The lowest BCUT2D eigenvalue weighted by Gasteiger charge is -2.12. The van der Waals surface area contributed by atoms with Crippen molar-refractivity contribution in [2.75, 3.05) is 37.6 Å². The van der Waals surface area contributed by atoms with Crippen LogP contribution in [-0.2, 0) is 9.53 Å². The van der Waals surface area contributed by atoms with Gasteiger partial charge in [-0.2, -0.15) is 11.8 Å². The quantitative estimate of drug-likeness (QED) is 0.636. The first-order chi connectivity index (χ1) is 10.2. The second-order valence-corrected chi connectivity index (χ2v) is 5.59. The molecule has 0 aliphatic rings. The summed E-state index contributed by atoms with van der Waals surface area (Å²) in [4.78, 5) is 11.9. The average molecular weight is 349 g/mol. The van der Waals surface area contributed by atoms with E-state index in [1.165, 1.54) is 0 Å². The Morgan fingerprint density at radius 1 is 1.41 bits per heavy atom. The third-order valence-corrected chi connectivity index (χ3v) is 3.48. The summed E-state index contributed by atoms with van der Waals surface area (Å²) < 4.78 is 10.6. The standard InChI is InChI=1S/C15H24N2O3S.ClH/c1-19-8-4-9-20-13-6-3-5-12(11-13)17-15(18)14(16)7-10-21-2;/h3,5-6,11,14H,4,7-10,16H2,1-2H3,(H,17,18);1H/t14-;/m0./s1. The maximum Gasteiger partial charge on any atom is 0.241 e. The van der Waals surface area contributed by atoms with Gasteiger partial charge in [0.15, 0.2) is 0 Å². The molecule has 0 bridgehead atoms. The predicted octanol–water partition coefficient (Wildman–Crippen LogP) is 2.54. The molecule has 0 aromatic heterocycles. The summed E-state index contributed by atoms with van der Waals surface area (Å²) in [5.41, 5.74) is 6.53. The highest BCUT2D eigenvalue weighted by atomic mass is 35.5. The summed E-state index contributed by atoms with van der Waals surface area (Å²) in [6, 6.07) is 6.83. The SMILES string of the molecule is COCCCOc1cccc(NC(=O)[C@@H](N)CCSC)c1.Cl. The first kappa shape index (κ1) is 21.0. The van der Waals surface area contributed by atoms with Crippen molar-refractivity contribution < 1.29 is 14.3 Å². The smallest absolute Gasteiger partial charge is 0.241 e. The van der Waals surface area contributed by atoms with E-state index in [2.05, 4.69) is 5.32 Å². The number of methoxy groups -OCH3 is 1. The lowest BCUT2D eigenvalue weighted by molar-refractivity contribution is -0.117. The molecule has 0 saturated carbocycles. The molecule has 0 heterocycles. The van der Waals surface area contributed by atoms with Gasteiger partial charge < -0.3 is 20.5 Å². The molecule has 5 nitrogen and oxygen atoms in total. The van der Waals surface area contributed by atoms with Gasteiger partial charge in [0.05, 0.1) is 12.6 Å². The number of rotatable bonds is 10. The number of ether oxygens (including phenoxy) is 2. The Hall–Kier alpha value is -0.950. The maximum absolute atomic E-state index is 11.9. The number of nitrogens with two attached hydrogens (primary N) is 1. The molecule has 1 aromatic carbocycles. The number of thioether (sulfide) groups is 1. The van der Waals surface area contributed by atoms with Gasteiger partial charge in [0.25, 0.3) is 0 Å². The van der Waals surface area contributed by atoms with Crippen molar-refractivity contribution in [2.45, 2.75) is 18.9 Å². The van der Waals surface area contributed by atoms with Crippen molar-refractivity contribution in [3.05, 3.63) is 24.3 Å². The largest absolute Gasteiger partial charge is 0.493 e. The van der Waals surface area contributed by atoms with Gasteiger partial charge in [-0.3, -0.25) is 4.79 Å². The van der Waals surface area contributed by atoms with Crippen LogP contribution in [0.3, 0.4) is 0 Å². The summed E-state index contributed by atoms with van der Waals surface area (Å²) in [7, 11) is 1.66. The number of carbonyl (C=O) groups excluding carboxylic acids is 1. The Kier molecular flexibility index (Phi) is 12.0. The van der Waals surface area contributed by atoms with E-state index in [-0.39, 0.29) is 18.3 Å². The zero-order chi connectivity index (χ0) is 15.5. The fraction of sp³-hybridized carbons (Fsp3) is 0.533. The fourth-order valence-electron chi connectivity index (χ4n) is 1.67. The van der Waals surface area contributed by atoms with E-state index >= 15 is 0 Å². The van der Waals surface area contributed by atoms with Gasteiger partial charge in [-0.1, -0.05) is 6.07 Å². The van der Waals surface area contributed by atoms with Gasteiger partial charge in [-0.15, -0.1) is 12.4 Å². The predicted molar refractivity (Wildman–Crippen MR) is 95.3 cm³/mol. The van der Waals surface area contributed by atoms with Crippen LogP contribution in [-0.4, -0.2) is 44.3 Å². The lowest BCUT2D eigenvalue weighted by atomic mass is 10.2. The molecule has 0 radical (unpaired) electrons. The molecule has 0 unspecified atom stereocenters. The van der Waals surface area contributed by atoms with E-state index in [9.17, 15) is 4.79 Å². The van der Waals surface area contributed by atoms with Gasteiger partial charge in [0, 0.05) is 31.9 Å². The van der Waals surface area contributed by atoms with Crippen molar-refractivity contribution in [3.63, 3.8) is 0 Å². The summed E-state index contributed by atoms with van der Waals surface area (Å²) in [5.74, 6) is 1.43. The maximum atomic E-state index is 11.9. The van der Waals surface area contributed by atoms with Crippen molar-refractivity contribution in [2.24, 2.45) is 5.73 Å². The second kappa shape index (κ2) is 12.6. The van der Waals surface area contributed by atoms with E-state index in [4.69, 9.17) is 15.2 Å². The van der Waals surface area contributed by atoms with E-state index < -0.39 is 6.04 Å². The second-order valence-electron chi connectivity index (χ2n) is 4.60. The first-order valence-electron chi connectivity index (χ1n) is 6.94. The van der Waals surface area contributed by atoms with Gasteiger partial charge in [0.1, 0.15) is 5.75 Å². The van der Waals surface area contributed by atoms with Gasteiger partial charge >= 0.3 is 0 Å². The number of anilines is 1. The molecular formula is C15H25ClN2O3S. The molecule has 22 heavy (non-hydrogen) atoms. The van der Waals surface area contributed by atoms with Crippen LogP contribution in [0.15, 0.2) is 24.3 Å². The molecule has 1 aromatic rings. The normalized spacial score (nSPS) is 11.4. The van der Waals surface area contributed by atoms with E-state index in [0.29, 0.717) is 25.3 Å². The first-order valence-corrected chi connectivity index (χ1v) is 8.34. The van der Waals surface area contributed by atoms with Crippen LogP contribution in [0.1, 0.15) is 12.8 Å². The van der Waals surface area contributed by atoms with Gasteiger partial charge in [0.2, 0.25) is 5.91 Å². The molecule has 0 saturated heterocycles. The monoisotopic (exact) mass is 348 g/mol. The third-order valence-electron chi connectivity index (χ3n) is 2.83. The van der Waals surface area contributed by atoms with Gasteiger partial charge in [-0.05, 0) is 30.6 Å². The molecular weight excluding hydrogens is 324 g/mol. The van der Waals surface area contributed by atoms with E-state index in [1.54, 1.807) is 24.9 Å². The molecule has 3 N–H and O–H groups in total. The number of halogens is 1. The molecule has 1 amide bonds. The Morgan fingerprint density at radius 2 is 2.18 bits per heavy atom. The minimum Gasteiger partial charge on any atom is -0.493 e. The summed E-state index contributed by atoms with van der Waals surface area (Å²) >= 11 is 1.68. The molecule has 0 aliphatic carbocycles. The van der Waals surface area contributed by atoms with Crippen LogP contribution in [0.5, 0.6) is 5.75 Å². The minimum atomic E-state index is -0.483. The molecule has 1 atom stereocenters. The number of hydrogen-bond donors (Lipinski definition) is 2. The highest BCUT2D eigenvalue weighted by molar-refractivity contribution is 7.98. The Labute approximate surface area is 142 Å². The summed E-state index contributed by atoms with van der Waals surface area (Å²) in [5, 5.41) is 2.81. The molecule has 126 valence electrons. The van der Waals surface area contributed by atoms with Crippen molar-refractivity contribution in [1.29, 1.82) is 0 Å². The number of nitrogens with one attached hydrogen (secondary N) is 1. The van der Waals surface area contributed by atoms with Crippen molar-refractivity contribution in [1.82, 2.24) is 0 Å². The highest BCUT2D eigenvalue weighted by Crippen LogP contribution is 2.18. The number of hydrogen-bond acceptors (Lipinski definition) is 5.